The number of amides is 1. The van der Waals surface area contributed by atoms with E-state index in [0.717, 1.165) is 19.2 Å². The molecule has 2 heterocycles. The summed E-state index contributed by atoms with van der Waals surface area (Å²) < 4.78 is 40.5. The van der Waals surface area contributed by atoms with Crippen molar-refractivity contribution in [2.45, 2.75) is 25.2 Å². The zero-order valence-corrected chi connectivity index (χ0v) is 16.8. The fourth-order valence-electron chi connectivity index (χ4n) is 4.18. The molecule has 2 atom stereocenters. The first kappa shape index (κ1) is 20.2. The Morgan fingerprint density at radius 1 is 1.07 bits per heavy atom. The van der Waals surface area contributed by atoms with Gasteiger partial charge >= 0.3 is 0 Å². The number of carbonyl (C=O) groups excluding carboxylic acids is 1. The first-order valence-electron chi connectivity index (χ1n) is 9.52. The van der Waals surface area contributed by atoms with Gasteiger partial charge in [-0.05, 0) is 30.4 Å². The van der Waals surface area contributed by atoms with Gasteiger partial charge in [0.2, 0.25) is 15.9 Å². The summed E-state index contributed by atoms with van der Waals surface area (Å²) in [6.07, 6.45) is 1.19. The molecule has 0 bridgehead atoms. The third kappa shape index (κ3) is 4.67. The number of benzene rings is 1. The molecule has 0 spiro atoms. The molecule has 8 heteroatoms. The largest absolute Gasteiger partial charge is 0.339 e. The van der Waals surface area contributed by atoms with Crippen LogP contribution in [-0.4, -0.2) is 74.2 Å². The summed E-state index contributed by atoms with van der Waals surface area (Å²) in [6.45, 7) is 7.71. The van der Waals surface area contributed by atoms with Crippen molar-refractivity contribution >= 4 is 15.9 Å². The molecule has 1 amide bonds. The number of rotatable bonds is 4. The van der Waals surface area contributed by atoms with Gasteiger partial charge in [-0.2, -0.15) is 4.31 Å². The number of sulfonamides is 1. The van der Waals surface area contributed by atoms with Gasteiger partial charge in [-0.1, -0.05) is 26.0 Å². The zero-order valence-electron chi connectivity index (χ0n) is 16.0. The molecule has 150 valence electrons. The molecule has 1 aromatic rings. The Balaban J connectivity index is 1.57. The van der Waals surface area contributed by atoms with E-state index in [1.807, 2.05) is 0 Å². The fraction of sp³-hybridized carbons (Fsp3) is 0.632. The van der Waals surface area contributed by atoms with Crippen LogP contribution in [0.3, 0.4) is 0 Å². The summed E-state index contributed by atoms with van der Waals surface area (Å²) in [6, 6.07) is 5.40. The van der Waals surface area contributed by atoms with Gasteiger partial charge < -0.3 is 4.90 Å². The number of piperidine rings is 1. The van der Waals surface area contributed by atoms with Crippen molar-refractivity contribution in [2.75, 3.05) is 45.8 Å². The number of hydrogen-bond donors (Lipinski definition) is 0. The average molecular weight is 398 g/mol. The lowest BCUT2D eigenvalue weighted by molar-refractivity contribution is -0.134. The normalized spacial score (nSPS) is 25.5. The maximum atomic E-state index is 13.9. The Morgan fingerprint density at radius 3 is 2.26 bits per heavy atom. The van der Waals surface area contributed by atoms with Crippen LogP contribution in [0.2, 0.25) is 0 Å². The third-order valence-corrected chi connectivity index (χ3v) is 7.28. The van der Waals surface area contributed by atoms with Crippen LogP contribution in [-0.2, 0) is 14.8 Å². The standard InChI is InChI=1S/C19H28FN3O3S/c1-15-11-16(2)13-21(12-15)14-19(24)22-7-9-23(10-8-22)27(25,26)18-6-4-3-5-17(18)20/h3-6,15-16H,7-14H2,1-2H3. The van der Waals surface area contributed by atoms with Gasteiger partial charge in [0.15, 0.2) is 0 Å². The van der Waals surface area contributed by atoms with Crippen molar-refractivity contribution < 1.29 is 17.6 Å². The van der Waals surface area contributed by atoms with Crippen LogP contribution in [0.4, 0.5) is 4.39 Å². The molecule has 2 aliphatic rings. The van der Waals surface area contributed by atoms with Crippen LogP contribution in [0.25, 0.3) is 0 Å². The van der Waals surface area contributed by atoms with Gasteiger partial charge in [0.25, 0.3) is 0 Å². The highest BCUT2D eigenvalue weighted by molar-refractivity contribution is 7.89. The molecule has 2 unspecified atom stereocenters. The Bertz CT molecular complexity index is 768. The highest BCUT2D eigenvalue weighted by Crippen LogP contribution is 2.22. The first-order chi connectivity index (χ1) is 12.8. The minimum atomic E-state index is -3.87. The smallest absolute Gasteiger partial charge is 0.246 e. The van der Waals surface area contributed by atoms with E-state index < -0.39 is 15.8 Å². The van der Waals surface area contributed by atoms with Crippen molar-refractivity contribution in [3.05, 3.63) is 30.1 Å². The van der Waals surface area contributed by atoms with Gasteiger partial charge in [-0.25, -0.2) is 12.8 Å². The minimum absolute atomic E-state index is 0.0410. The fourth-order valence-corrected chi connectivity index (χ4v) is 5.67. The van der Waals surface area contributed by atoms with Crippen molar-refractivity contribution in [1.82, 2.24) is 14.1 Å². The van der Waals surface area contributed by atoms with Gasteiger partial charge in [-0.15, -0.1) is 0 Å². The highest BCUT2D eigenvalue weighted by Gasteiger charge is 2.32. The lowest BCUT2D eigenvalue weighted by atomic mass is 9.92. The molecule has 1 aromatic carbocycles. The monoisotopic (exact) mass is 397 g/mol. The zero-order chi connectivity index (χ0) is 19.6. The molecule has 2 aliphatic heterocycles. The number of piperazine rings is 1. The molecule has 0 radical (unpaired) electrons. The predicted molar refractivity (Wildman–Crippen MR) is 101 cm³/mol. The van der Waals surface area contributed by atoms with Gasteiger partial charge in [-0.3, -0.25) is 9.69 Å². The Kier molecular flexibility index (Phi) is 6.18. The molecule has 0 aromatic heterocycles. The lowest BCUT2D eigenvalue weighted by Crippen LogP contribution is -2.53. The van der Waals surface area contributed by atoms with E-state index in [0.29, 0.717) is 31.5 Å². The maximum absolute atomic E-state index is 13.9. The number of halogens is 1. The molecule has 0 aliphatic carbocycles. The predicted octanol–water partition coefficient (Wildman–Crippen LogP) is 1.64. The van der Waals surface area contributed by atoms with Crippen molar-refractivity contribution in [2.24, 2.45) is 11.8 Å². The Hall–Kier alpha value is -1.51. The molecule has 3 rings (SSSR count). The molecule has 2 fully saturated rings. The second-order valence-electron chi connectivity index (χ2n) is 7.86. The van der Waals surface area contributed by atoms with Gasteiger partial charge in [0, 0.05) is 39.3 Å². The van der Waals surface area contributed by atoms with E-state index >= 15 is 0 Å². The summed E-state index contributed by atoms with van der Waals surface area (Å²) in [5, 5.41) is 0. The number of hydrogen-bond acceptors (Lipinski definition) is 4. The molecule has 27 heavy (non-hydrogen) atoms. The topological polar surface area (TPSA) is 60.9 Å². The number of carbonyl (C=O) groups is 1. The SMILES string of the molecule is CC1CC(C)CN(CC(=O)N2CCN(S(=O)(=O)c3ccccc3F)CC2)C1. The van der Waals surface area contributed by atoms with Crippen molar-refractivity contribution in [3.8, 4) is 0 Å². The summed E-state index contributed by atoms with van der Waals surface area (Å²) in [4.78, 5) is 16.2. The van der Waals surface area contributed by atoms with Crippen LogP contribution in [0.15, 0.2) is 29.2 Å². The molecular formula is C19H28FN3O3S. The van der Waals surface area contributed by atoms with Crippen molar-refractivity contribution in [1.29, 1.82) is 0 Å². The third-order valence-electron chi connectivity index (χ3n) is 5.35. The van der Waals surface area contributed by atoms with E-state index in [2.05, 4.69) is 18.7 Å². The lowest BCUT2D eigenvalue weighted by Gasteiger charge is -2.38. The van der Waals surface area contributed by atoms with Gasteiger partial charge in [0.1, 0.15) is 10.7 Å². The van der Waals surface area contributed by atoms with Crippen molar-refractivity contribution in [3.63, 3.8) is 0 Å². The average Bonchev–Trinajstić information content (AvgIpc) is 2.61. The highest BCUT2D eigenvalue weighted by atomic mass is 32.2. The molecule has 6 nitrogen and oxygen atoms in total. The van der Waals surface area contributed by atoms with E-state index in [1.54, 1.807) is 4.90 Å². The maximum Gasteiger partial charge on any atom is 0.246 e. The van der Waals surface area contributed by atoms with E-state index in [4.69, 9.17) is 0 Å². The molecule has 0 saturated carbocycles. The Labute approximate surface area is 161 Å². The number of likely N-dealkylation sites (tertiary alicyclic amines) is 1. The summed E-state index contributed by atoms with van der Waals surface area (Å²) in [5.74, 6) is 0.470. The van der Waals surface area contributed by atoms with E-state index in [1.165, 1.54) is 28.9 Å². The summed E-state index contributed by atoms with van der Waals surface area (Å²) in [7, 11) is -3.87. The second-order valence-corrected chi connectivity index (χ2v) is 9.76. The quantitative estimate of drug-likeness (QED) is 0.775. The van der Waals surface area contributed by atoms with Crippen LogP contribution < -0.4 is 0 Å². The molecule has 2 saturated heterocycles. The number of nitrogens with zero attached hydrogens (tertiary/aromatic N) is 3. The summed E-state index contributed by atoms with van der Waals surface area (Å²) in [5.41, 5.74) is 0. The minimum Gasteiger partial charge on any atom is -0.339 e. The van der Waals surface area contributed by atoms with E-state index in [-0.39, 0.29) is 23.9 Å². The van der Waals surface area contributed by atoms with Gasteiger partial charge in [0.05, 0.1) is 6.54 Å². The molecule has 0 N–H and O–H groups in total. The molecular weight excluding hydrogens is 369 g/mol. The summed E-state index contributed by atoms with van der Waals surface area (Å²) >= 11 is 0. The Morgan fingerprint density at radius 2 is 1.67 bits per heavy atom. The van der Waals surface area contributed by atoms with Crippen LogP contribution in [0, 0.1) is 17.7 Å². The van der Waals surface area contributed by atoms with Crippen LogP contribution in [0.1, 0.15) is 20.3 Å². The second kappa shape index (κ2) is 8.24. The van der Waals surface area contributed by atoms with Crippen LogP contribution in [0.5, 0.6) is 0 Å². The first-order valence-corrected chi connectivity index (χ1v) is 11.0. The van der Waals surface area contributed by atoms with Crippen LogP contribution >= 0.6 is 0 Å². The van der Waals surface area contributed by atoms with E-state index in [9.17, 15) is 17.6 Å².